The molecule has 0 bridgehead atoms. The van der Waals surface area contributed by atoms with Crippen LogP contribution in [-0.2, 0) is 4.74 Å². The fourth-order valence-corrected chi connectivity index (χ4v) is 3.87. The van der Waals surface area contributed by atoms with E-state index < -0.39 is 11.9 Å². The van der Waals surface area contributed by atoms with Gasteiger partial charge in [-0.1, -0.05) is 32.9 Å². The van der Waals surface area contributed by atoms with E-state index >= 15 is 0 Å². The van der Waals surface area contributed by atoms with Gasteiger partial charge >= 0.3 is 6.09 Å². The number of benzene rings is 2. The van der Waals surface area contributed by atoms with Crippen LogP contribution in [0.2, 0.25) is 0 Å². The molecule has 9 heteroatoms. The van der Waals surface area contributed by atoms with Gasteiger partial charge in [-0.3, -0.25) is 0 Å². The molecule has 0 saturated carbocycles. The van der Waals surface area contributed by atoms with Gasteiger partial charge in [-0.25, -0.2) is 19.2 Å². The second kappa shape index (κ2) is 10.0. The average molecular weight is 489 g/mol. The van der Waals surface area contributed by atoms with Crippen LogP contribution in [-0.4, -0.2) is 46.9 Å². The maximum absolute atomic E-state index is 14.6. The first kappa shape index (κ1) is 25.5. The molecule has 1 aliphatic rings. The number of aromatic nitrogens is 2. The number of carbonyl (C=O) groups is 1. The zero-order valence-corrected chi connectivity index (χ0v) is 20.6. The van der Waals surface area contributed by atoms with Crippen molar-refractivity contribution in [3.8, 4) is 17.1 Å². The van der Waals surface area contributed by atoms with Crippen LogP contribution in [0.1, 0.15) is 32.8 Å². The highest BCUT2D eigenvalue weighted by Crippen LogP contribution is 2.34. The first-order valence-electron chi connectivity index (χ1n) is 11.1. The van der Waals surface area contributed by atoms with E-state index in [2.05, 4.69) is 20.2 Å². The van der Waals surface area contributed by atoms with Crippen LogP contribution in [0.5, 0.6) is 5.75 Å². The van der Waals surface area contributed by atoms with Crippen LogP contribution in [0.4, 0.5) is 15.0 Å². The summed E-state index contributed by atoms with van der Waals surface area (Å²) in [6.45, 7) is 9.50. The zero-order valence-electron chi connectivity index (χ0n) is 19.8. The van der Waals surface area contributed by atoms with Crippen molar-refractivity contribution in [3.63, 3.8) is 0 Å². The van der Waals surface area contributed by atoms with Gasteiger partial charge in [-0.05, 0) is 48.6 Å². The number of hydrogen-bond donors (Lipinski definition) is 2. The van der Waals surface area contributed by atoms with Gasteiger partial charge in [0.15, 0.2) is 5.82 Å². The molecule has 3 aromatic rings. The molecule has 1 aliphatic heterocycles. The van der Waals surface area contributed by atoms with Crippen molar-refractivity contribution in [1.29, 1.82) is 0 Å². The van der Waals surface area contributed by atoms with Crippen molar-refractivity contribution >= 4 is 35.2 Å². The second-order valence-electron chi connectivity index (χ2n) is 9.74. The Hall–Kier alpha value is -3.13. The lowest BCUT2D eigenvalue weighted by Crippen LogP contribution is -2.38. The molecule has 0 radical (unpaired) electrons. The molecule has 1 amide bonds. The molecule has 2 N–H and O–H groups in total. The Morgan fingerprint density at radius 3 is 2.74 bits per heavy atom. The number of halogens is 2. The molecule has 0 spiro atoms. The maximum Gasteiger partial charge on any atom is 0.407 e. The van der Waals surface area contributed by atoms with Crippen LogP contribution in [0.3, 0.4) is 0 Å². The third-order valence-corrected chi connectivity index (χ3v) is 5.49. The predicted molar refractivity (Wildman–Crippen MR) is 133 cm³/mol. The molecule has 1 atom stereocenters. The molecule has 1 saturated heterocycles. The summed E-state index contributed by atoms with van der Waals surface area (Å²) in [5.74, 6) is -0.0317. The standard InChI is InChI=1S/C25H29FN4O3.ClH/c1-15-8-9-17-19(12-15)28-22(21-18(26)6-5-7-20(21)31)29-23(17)30-11-10-16(13-30)27-24(32)33-14-25(2,3)4;/h5-9,12,16,31H,10-11,13-14H2,1-4H3,(H,27,32);1H/t16-;/m1./s1. The fourth-order valence-electron chi connectivity index (χ4n) is 3.87. The van der Waals surface area contributed by atoms with E-state index in [-0.39, 0.29) is 41.0 Å². The summed E-state index contributed by atoms with van der Waals surface area (Å²) in [7, 11) is 0. The molecule has 2 heterocycles. The quantitative estimate of drug-likeness (QED) is 0.523. The third kappa shape index (κ3) is 5.67. The highest BCUT2D eigenvalue weighted by molar-refractivity contribution is 5.92. The summed E-state index contributed by atoms with van der Waals surface area (Å²) in [6.07, 6.45) is 0.291. The van der Waals surface area contributed by atoms with E-state index in [9.17, 15) is 14.3 Å². The molecule has 7 nitrogen and oxygen atoms in total. The number of fused-ring (bicyclic) bond motifs is 1. The zero-order chi connectivity index (χ0) is 23.8. The number of carbonyl (C=O) groups excluding carboxylic acids is 1. The number of phenols is 1. The first-order chi connectivity index (χ1) is 15.6. The molecule has 182 valence electrons. The number of nitrogens with one attached hydrogen (secondary N) is 1. The van der Waals surface area contributed by atoms with Gasteiger partial charge in [0.1, 0.15) is 17.4 Å². The van der Waals surface area contributed by atoms with Crippen LogP contribution in [0.15, 0.2) is 36.4 Å². The average Bonchev–Trinajstić information content (AvgIpc) is 3.19. The lowest BCUT2D eigenvalue weighted by molar-refractivity contribution is 0.104. The van der Waals surface area contributed by atoms with Crippen molar-refractivity contribution in [2.45, 2.75) is 40.2 Å². The molecular weight excluding hydrogens is 459 g/mol. The molecule has 0 unspecified atom stereocenters. The number of aromatic hydroxyl groups is 1. The van der Waals surface area contributed by atoms with E-state index in [0.717, 1.165) is 17.4 Å². The fraction of sp³-hybridized carbons (Fsp3) is 0.400. The summed E-state index contributed by atoms with van der Waals surface area (Å²) in [5.41, 5.74) is 1.55. The number of amides is 1. The molecule has 1 fully saturated rings. The van der Waals surface area contributed by atoms with Gasteiger partial charge < -0.3 is 20.1 Å². The van der Waals surface area contributed by atoms with Crippen molar-refractivity contribution in [3.05, 3.63) is 47.8 Å². The first-order valence-corrected chi connectivity index (χ1v) is 11.1. The summed E-state index contributed by atoms with van der Waals surface area (Å²) in [5, 5.41) is 14.0. The molecule has 0 aliphatic carbocycles. The van der Waals surface area contributed by atoms with Gasteiger partial charge in [0.2, 0.25) is 0 Å². The Labute approximate surface area is 204 Å². The highest BCUT2D eigenvalue weighted by Gasteiger charge is 2.28. The van der Waals surface area contributed by atoms with Gasteiger partial charge in [-0.2, -0.15) is 0 Å². The summed E-state index contributed by atoms with van der Waals surface area (Å²) < 4.78 is 19.9. The van der Waals surface area contributed by atoms with Gasteiger partial charge in [0, 0.05) is 18.5 Å². The summed E-state index contributed by atoms with van der Waals surface area (Å²) in [4.78, 5) is 23.5. The van der Waals surface area contributed by atoms with Gasteiger partial charge in [0.25, 0.3) is 0 Å². The van der Waals surface area contributed by atoms with E-state index in [1.165, 1.54) is 18.2 Å². The SMILES string of the molecule is Cc1ccc2c(N3CC[C@@H](NC(=O)OCC(C)(C)C)C3)nc(-c3c(O)cccc3F)nc2c1.Cl. The van der Waals surface area contributed by atoms with Crippen LogP contribution < -0.4 is 10.2 Å². The summed E-state index contributed by atoms with van der Waals surface area (Å²) >= 11 is 0. The normalized spacial score (nSPS) is 15.8. The van der Waals surface area contributed by atoms with Gasteiger partial charge in [0.05, 0.1) is 23.7 Å². The van der Waals surface area contributed by atoms with Gasteiger partial charge in [-0.15, -0.1) is 12.4 Å². The predicted octanol–water partition coefficient (Wildman–Crippen LogP) is 5.22. The number of hydrogen-bond acceptors (Lipinski definition) is 6. The Balaban J connectivity index is 0.00000324. The minimum Gasteiger partial charge on any atom is -0.507 e. The number of alkyl carbamates (subject to hydrolysis) is 1. The Morgan fingerprint density at radius 1 is 1.26 bits per heavy atom. The van der Waals surface area contributed by atoms with E-state index in [1.807, 2.05) is 45.9 Å². The number of anilines is 1. The van der Waals surface area contributed by atoms with Crippen molar-refractivity contribution in [2.75, 3.05) is 24.6 Å². The number of ether oxygens (including phenoxy) is 1. The topological polar surface area (TPSA) is 87.6 Å². The van der Waals surface area contributed by atoms with Crippen molar-refractivity contribution in [2.24, 2.45) is 5.41 Å². The minimum absolute atomic E-state index is 0. The lowest BCUT2D eigenvalue weighted by atomic mass is 9.99. The maximum atomic E-state index is 14.6. The minimum atomic E-state index is -0.587. The molecule has 34 heavy (non-hydrogen) atoms. The highest BCUT2D eigenvalue weighted by atomic mass is 35.5. The van der Waals surface area contributed by atoms with Crippen LogP contribution >= 0.6 is 12.4 Å². The lowest BCUT2D eigenvalue weighted by Gasteiger charge is -2.22. The molecule has 1 aromatic heterocycles. The van der Waals surface area contributed by atoms with Crippen LogP contribution in [0.25, 0.3) is 22.3 Å². The van der Waals surface area contributed by atoms with E-state index in [1.54, 1.807) is 0 Å². The number of phenolic OH excluding ortho intramolecular Hbond substituents is 1. The molecule has 2 aromatic carbocycles. The second-order valence-corrected chi connectivity index (χ2v) is 9.74. The number of rotatable bonds is 4. The van der Waals surface area contributed by atoms with Crippen LogP contribution in [0, 0.1) is 18.2 Å². The largest absolute Gasteiger partial charge is 0.507 e. The Kier molecular flexibility index (Phi) is 7.51. The van der Waals surface area contributed by atoms with E-state index in [0.29, 0.717) is 31.0 Å². The van der Waals surface area contributed by atoms with E-state index in [4.69, 9.17) is 4.74 Å². The van der Waals surface area contributed by atoms with Crippen molar-refractivity contribution < 1.29 is 19.0 Å². The third-order valence-electron chi connectivity index (χ3n) is 5.49. The smallest absolute Gasteiger partial charge is 0.407 e. The number of nitrogens with zero attached hydrogens (tertiary/aromatic N) is 3. The summed E-state index contributed by atoms with van der Waals surface area (Å²) in [6, 6.07) is 9.87. The molecular formula is C25H30ClFN4O3. The van der Waals surface area contributed by atoms with Crippen molar-refractivity contribution in [1.82, 2.24) is 15.3 Å². The monoisotopic (exact) mass is 488 g/mol. The molecule has 4 rings (SSSR count). The number of aryl methyl sites for hydroxylation is 1. The Bertz CT molecular complexity index is 1180. The Morgan fingerprint density at radius 2 is 2.03 bits per heavy atom.